The van der Waals surface area contributed by atoms with E-state index in [0.29, 0.717) is 18.7 Å². The second kappa shape index (κ2) is 8.35. The highest BCUT2D eigenvalue weighted by Crippen LogP contribution is 2.27. The second-order valence-electron chi connectivity index (χ2n) is 7.63. The highest BCUT2D eigenvalue weighted by molar-refractivity contribution is 7.13. The third-order valence-electron chi connectivity index (χ3n) is 5.51. The first kappa shape index (κ1) is 19.5. The Bertz CT molecular complexity index is 1180. The lowest BCUT2D eigenvalue weighted by atomic mass is 10.0. The number of thiazole rings is 1. The van der Waals surface area contributed by atoms with E-state index in [1.165, 1.54) is 0 Å². The third-order valence-corrected chi connectivity index (χ3v) is 6.35. The summed E-state index contributed by atoms with van der Waals surface area (Å²) >= 11 is 1.64. The molecule has 2 aromatic heterocycles. The number of anilines is 1. The number of carbonyl (C=O) groups is 1. The zero-order valence-corrected chi connectivity index (χ0v) is 18.1. The number of aromatic nitrogens is 3. The maximum Gasteiger partial charge on any atom is 0.257 e. The van der Waals surface area contributed by atoms with Crippen molar-refractivity contribution >= 4 is 22.4 Å². The SMILES string of the molecule is Cc1cccc(-c2nn(-c3ccccc3)cc2C(=O)N2CCN(c3nccs3)CC2)c1. The second-order valence-corrected chi connectivity index (χ2v) is 8.51. The molecule has 3 heterocycles. The molecule has 0 saturated carbocycles. The standard InChI is InChI=1S/C24H23N5OS/c1-18-6-5-7-19(16-18)22-21(17-29(26-22)20-8-3-2-4-9-20)23(30)27-11-13-28(14-12-27)24-25-10-15-31-24/h2-10,15-17H,11-14H2,1H3. The highest BCUT2D eigenvalue weighted by atomic mass is 32.1. The molecule has 0 spiro atoms. The Hall–Kier alpha value is -3.45. The van der Waals surface area contributed by atoms with Gasteiger partial charge in [-0.25, -0.2) is 9.67 Å². The van der Waals surface area contributed by atoms with Crippen LogP contribution in [0, 0.1) is 6.92 Å². The smallest absolute Gasteiger partial charge is 0.257 e. The third kappa shape index (κ3) is 3.96. The maximum absolute atomic E-state index is 13.6. The molecule has 6 nitrogen and oxygen atoms in total. The molecule has 0 atom stereocenters. The van der Waals surface area contributed by atoms with Crippen molar-refractivity contribution in [2.45, 2.75) is 6.92 Å². The Morgan fingerprint density at radius 3 is 2.52 bits per heavy atom. The van der Waals surface area contributed by atoms with Crippen molar-refractivity contribution in [3.05, 3.63) is 83.5 Å². The zero-order valence-electron chi connectivity index (χ0n) is 17.3. The first-order chi connectivity index (χ1) is 15.2. The van der Waals surface area contributed by atoms with E-state index in [4.69, 9.17) is 5.10 Å². The fourth-order valence-electron chi connectivity index (χ4n) is 3.89. The topological polar surface area (TPSA) is 54.3 Å². The molecule has 31 heavy (non-hydrogen) atoms. The van der Waals surface area contributed by atoms with E-state index in [2.05, 4.69) is 28.9 Å². The lowest BCUT2D eigenvalue weighted by Crippen LogP contribution is -2.48. The van der Waals surface area contributed by atoms with E-state index in [1.807, 2.05) is 65.1 Å². The van der Waals surface area contributed by atoms with Crippen LogP contribution < -0.4 is 4.90 Å². The summed E-state index contributed by atoms with van der Waals surface area (Å²) in [6.45, 7) is 4.96. The van der Waals surface area contributed by atoms with Gasteiger partial charge >= 0.3 is 0 Å². The van der Waals surface area contributed by atoms with Gasteiger partial charge in [-0.1, -0.05) is 42.0 Å². The molecule has 0 bridgehead atoms. The quantitative estimate of drug-likeness (QED) is 0.486. The van der Waals surface area contributed by atoms with Crippen LogP contribution in [0.2, 0.25) is 0 Å². The summed E-state index contributed by atoms with van der Waals surface area (Å²) in [5.41, 5.74) is 4.39. The molecule has 2 aromatic carbocycles. The molecule has 156 valence electrons. The minimum absolute atomic E-state index is 0.0254. The van der Waals surface area contributed by atoms with Gasteiger partial charge in [0.1, 0.15) is 5.69 Å². The molecule has 4 aromatic rings. The van der Waals surface area contributed by atoms with E-state index in [9.17, 15) is 4.79 Å². The first-order valence-electron chi connectivity index (χ1n) is 10.3. The number of hydrogen-bond donors (Lipinski definition) is 0. The number of rotatable bonds is 4. The summed E-state index contributed by atoms with van der Waals surface area (Å²) in [5, 5.41) is 7.82. The molecule has 1 amide bonds. The average molecular weight is 430 g/mol. The van der Waals surface area contributed by atoms with E-state index < -0.39 is 0 Å². The molecular weight excluding hydrogens is 406 g/mol. The van der Waals surface area contributed by atoms with Crippen molar-refractivity contribution in [2.75, 3.05) is 31.1 Å². The number of aryl methyl sites for hydroxylation is 1. The van der Waals surface area contributed by atoms with Gasteiger partial charge in [-0.2, -0.15) is 5.10 Å². The van der Waals surface area contributed by atoms with Crippen molar-refractivity contribution in [1.29, 1.82) is 0 Å². The van der Waals surface area contributed by atoms with Crippen LogP contribution in [0.5, 0.6) is 0 Å². The van der Waals surface area contributed by atoms with Gasteiger partial charge in [0.15, 0.2) is 5.13 Å². The molecule has 0 N–H and O–H groups in total. The van der Waals surface area contributed by atoms with Gasteiger partial charge < -0.3 is 9.80 Å². The van der Waals surface area contributed by atoms with E-state index in [1.54, 1.807) is 16.0 Å². The summed E-state index contributed by atoms with van der Waals surface area (Å²) < 4.78 is 1.80. The van der Waals surface area contributed by atoms with Gasteiger partial charge in [0.05, 0.1) is 11.3 Å². The molecule has 1 aliphatic heterocycles. The van der Waals surface area contributed by atoms with Gasteiger partial charge in [-0.15, -0.1) is 11.3 Å². The highest BCUT2D eigenvalue weighted by Gasteiger charge is 2.27. The molecule has 0 radical (unpaired) electrons. The van der Waals surface area contributed by atoms with Crippen LogP contribution in [0.4, 0.5) is 5.13 Å². The van der Waals surface area contributed by atoms with Crippen LogP contribution in [0.3, 0.4) is 0 Å². The number of piperazine rings is 1. The summed E-state index contributed by atoms with van der Waals surface area (Å²) in [4.78, 5) is 22.1. The van der Waals surface area contributed by atoms with Crippen molar-refractivity contribution < 1.29 is 4.79 Å². The van der Waals surface area contributed by atoms with Gasteiger partial charge in [-0.05, 0) is 25.1 Å². The lowest BCUT2D eigenvalue weighted by Gasteiger charge is -2.34. The fourth-order valence-corrected chi connectivity index (χ4v) is 4.59. The molecule has 0 unspecified atom stereocenters. The Morgan fingerprint density at radius 1 is 1.00 bits per heavy atom. The van der Waals surface area contributed by atoms with Crippen molar-refractivity contribution in [1.82, 2.24) is 19.7 Å². The number of nitrogens with zero attached hydrogens (tertiary/aromatic N) is 5. The van der Waals surface area contributed by atoms with Crippen LogP contribution >= 0.6 is 11.3 Å². The molecule has 5 rings (SSSR count). The maximum atomic E-state index is 13.6. The Labute approximate surface area is 185 Å². The molecule has 7 heteroatoms. The molecule has 1 fully saturated rings. The fraction of sp³-hybridized carbons (Fsp3) is 0.208. The van der Waals surface area contributed by atoms with Crippen LogP contribution in [0.25, 0.3) is 16.9 Å². The van der Waals surface area contributed by atoms with Gasteiger partial charge in [0, 0.05) is 49.5 Å². The van der Waals surface area contributed by atoms with Crippen molar-refractivity contribution in [3.63, 3.8) is 0 Å². The molecule has 1 aliphatic rings. The lowest BCUT2D eigenvalue weighted by molar-refractivity contribution is 0.0747. The van der Waals surface area contributed by atoms with Crippen LogP contribution in [0.15, 0.2) is 72.4 Å². The van der Waals surface area contributed by atoms with Crippen LogP contribution in [0.1, 0.15) is 15.9 Å². The van der Waals surface area contributed by atoms with Crippen molar-refractivity contribution in [2.24, 2.45) is 0 Å². The van der Waals surface area contributed by atoms with Crippen molar-refractivity contribution in [3.8, 4) is 16.9 Å². The number of para-hydroxylation sites is 1. The number of hydrogen-bond acceptors (Lipinski definition) is 5. The Kier molecular flexibility index (Phi) is 5.26. The Balaban J connectivity index is 1.46. The van der Waals surface area contributed by atoms with Gasteiger partial charge in [0.25, 0.3) is 5.91 Å². The monoisotopic (exact) mass is 429 g/mol. The summed E-state index contributed by atoms with van der Waals surface area (Å²) in [5.74, 6) is 0.0254. The summed E-state index contributed by atoms with van der Waals surface area (Å²) in [7, 11) is 0. The predicted molar refractivity (Wildman–Crippen MR) is 124 cm³/mol. The predicted octanol–water partition coefficient (Wildman–Crippen LogP) is 4.27. The average Bonchev–Trinajstić information content (AvgIpc) is 3.50. The molecule has 0 aliphatic carbocycles. The number of amides is 1. The first-order valence-corrected chi connectivity index (χ1v) is 11.2. The zero-order chi connectivity index (χ0) is 21.2. The largest absolute Gasteiger partial charge is 0.345 e. The van der Waals surface area contributed by atoms with E-state index >= 15 is 0 Å². The van der Waals surface area contributed by atoms with Crippen LogP contribution in [-0.2, 0) is 0 Å². The van der Waals surface area contributed by atoms with E-state index in [-0.39, 0.29) is 5.91 Å². The number of carbonyl (C=O) groups excluding carboxylic acids is 1. The van der Waals surface area contributed by atoms with Crippen LogP contribution in [-0.4, -0.2) is 51.8 Å². The summed E-state index contributed by atoms with van der Waals surface area (Å²) in [6.07, 6.45) is 3.69. The normalized spacial score (nSPS) is 14.1. The van der Waals surface area contributed by atoms with E-state index in [0.717, 1.165) is 40.7 Å². The van der Waals surface area contributed by atoms with Gasteiger partial charge in [-0.3, -0.25) is 4.79 Å². The Morgan fingerprint density at radius 2 is 1.81 bits per heavy atom. The summed E-state index contributed by atoms with van der Waals surface area (Å²) in [6, 6.07) is 18.1. The minimum Gasteiger partial charge on any atom is -0.345 e. The van der Waals surface area contributed by atoms with Gasteiger partial charge in [0.2, 0.25) is 0 Å². The molecular formula is C24H23N5OS. The number of benzene rings is 2. The minimum atomic E-state index is 0.0254. The molecule has 1 saturated heterocycles.